The van der Waals surface area contributed by atoms with Crippen molar-refractivity contribution in [3.8, 4) is 0 Å². The first-order valence-corrected chi connectivity index (χ1v) is 7.50. The van der Waals surface area contributed by atoms with Gasteiger partial charge in [-0.15, -0.1) is 0 Å². The van der Waals surface area contributed by atoms with Crippen molar-refractivity contribution in [2.75, 3.05) is 13.6 Å². The van der Waals surface area contributed by atoms with Crippen LogP contribution in [0.4, 0.5) is 0 Å². The van der Waals surface area contributed by atoms with E-state index in [2.05, 4.69) is 67.2 Å². The second-order valence-electron chi connectivity index (χ2n) is 5.75. The first-order chi connectivity index (χ1) is 10.1. The van der Waals surface area contributed by atoms with Gasteiger partial charge in [0.1, 0.15) is 0 Å². The van der Waals surface area contributed by atoms with E-state index in [0.717, 1.165) is 13.0 Å². The fourth-order valence-electron chi connectivity index (χ4n) is 2.83. The van der Waals surface area contributed by atoms with Crippen LogP contribution >= 0.6 is 0 Å². The third-order valence-corrected chi connectivity index (χ3v) is 3.98. The molecule has 21 heavy (non-hydrogen) atoms. The number of pyridine rings is 1. The largest absolute Gasteiger partial charge is 0.326 e. The minimum absolute atomic E-state index is 0.0912. The normalized spacial score (nSPS) is 14.1. The molecule has 1 aromatic heterocycles. The number of aryl methyl sites for hydroxylation is 1. The molecule has 0 saturated heterocycles. The maximum atomic E-state index is 6.26. The summed E-state index contributed by atoms with van der Waals surface area (Å²) in [4.78, 5) is 6.42. The van der Waals surface area contributed by atoms with E-state index in [4.69, 9.17) is 5.73 Å². The average Bonchev–Trinajstić information content (AvgIpc) is 2.48. The monoisotopic (exact) mass is 283 g/mol. The Morgan fingerprint density at radius 3 is 2.43 bits per heavy atom. The molecule has 2 rings (SSSR count). The molecule has 0 aliphatic carbocycles. The Morgan fingerprint density at radius 2 is 1.81 bits per heavy atom. The summed E-state index contributed by atoms with van der Waals surface area (Å²) in [5, 5.41) is 0. The zero-order valence-electron chi connectivity index (χ0n) is 13.2. The lowest BCUT2D eigenvalue weighted by Crippen LogP contribution is -2.38. The van der Waals surface area contributed by atoms with Crippen molar-refractivity contribution >= 4 is 0 Å². The van der Waals surface area contributed by atoms with E-state index < -0.39 is 0 Å². The van der Waals surface area contributed by atoms with Crippen molar-refractivity contribution in [1.82, 2.24) is 9.88 Å². The summed E-state index contributed by atoms with van der Waals surface area (Å²) in [5.74, 6) is 0. The van der Waals surface area contributed by atoms with Gasteiger partial charge in [-0.3, -0.25) is 9.88 Å². The fraction of sp³-hybridized carbons (Fsp3) is 0.389. The van der Waals surface area contributed by atoms with Gasteiger partial charge in [-0.05, 0) is 56.1 Å². The van der Waals surface area contributed by atoms with Gasteiger partial charge in [0.05, 0.1) is 0 Å². The standard InChI is InChI=1S/C18H25N3/c1-14-6-4-5-7-17(14)18(15(2)19)21(3)13-10-16-8-11-20-12-9-16/h4-9,11-12,15,18H,10,13,19H2,1-3H3. The minimum atomic E-state index is 0.0912. The zero-order valence-corrected chi connectivity index (χ0v) is 13.2. The summed E-state index contributed by atoms with van der Waals surface area (Å²) in [6, 6.07) is 13.0. The fourth-order valence-corrected chi connectivity index (χ4v) is 2.83. The van der Waals surface area contributed by atoms with E-state index in [9.17, 15) is 0 Å². The van der Waals surface area contributed by atoms with Crippen molar-refractivity contribution in [1.29, 1.82) is 0 Å². The summed E-state index contributed by atoms with van der Waals surface area (Å²) in [6.07, 6.45) is 4.70. The van der Waals surface area contributed by atoms with Gasteiger partial charge in [0.15, 0.2) is 0 Å². The number of aromatic nitrogens is 1. The van der Waals surface area contributed by atoms with E-state index in [0.29, 0.717) is 0 Å². The second kappa shape index (κ2) is 7.34. The number of nitrogens with two attached hydrogens (primary N) is 1. The Labute approximate surface area is 127 Å². The molecule has 1 aromatic carbocycles. The quantitative estimate of drug-likeness (QED) is 0.886. The smallest absolute Gasteiger partial charge is 0.0496 e. The van der Waals surface area contributed by atoms with Crippen LogP contribution in [0.15, 0.2) is 48.8 Å². The number of hydrogen-bond acceptors (Lipinski definition) is 3. The molecule has 2 aromatic rings. The third-order valence-electron chi connectivity index (χ3n) is 3.98. The molecule has 0 aliphatic rings. The summed E-state index contributed by atoms with van der Waals surface area (Å²) >= 11 is 0. The van der Waals surface area contributed by atoms with Gasteiger partial charge in [0.2, 0.25) is 0 Å². The molecule has 0 radical (unpaired) electrons. The Balaban J connectivity index is 2.10. The summed E-state index contributed by atoms with van der Waals surface area (Å²) in [7, 11) is 2.15. The van der Waals surface area contributed by atoms with E-state index >= 15 is 0 Å². The molecule has 1 heterocycles. The van der Waals surface area contributed by atoms with Crippen LogP contribution in [0.1, 0.15) is 29.7 Å². The Hall–Kier alpha value is -1.71. The van der Waals surface area contributed by atoms with Gasteiger partial charge in [0, 0.05) is 31.0 Å². The molecule has 0 spiro atoms. The minimum Gasteiger partial charge on any atom is -0.326 e. The first-order valence-electron chi connectivity index (χ1n) is 7.50. The molecule has 2 unspecified atom stereocenters. The third kappa shape index (κ3) is 4.13. The predicted octanol–water partition coefficient (Wildman–Crippen LogP) is 2.95. The number of benzene rings is 1. The molecule has 0 aliphatic heterocycles. The van der Waals surface area contributed by atoms with E-state index in [1.165, 1.54) is 16.7 Å². The van der Waals surface area contributed by atoms with Crippen molar-refractivity contribution in [2.24, 2.45) is 5.73 Å². The maximum Gasteiger partial charge on any atom is 0.0496 e. The van der Waals surface area contributed by atoms with Crippen molar-refractivity contribution < 1.29 is 0 Å². The SMILES string of the molecule is Cc1ccccc1C(C(C)N)N(C)CCc1ccncc1. The van der Waals surface area contributed by atoms with E-state index in [-0.39, 0.29) is 12.1 Å². The average molecular weight is 283 g/mol. The van der Waals surface area contributed by atoms with Crippen molar-refractivity contribution in [2.45, 2.75) is 32.4 Å². The summed E-state index contributed by atoms with van der Waals surface area (Å²) in [6.45, 7) is 5.21. The van der Waals surface area contributed by atoms with Gasteiger partial charge in [-0.25, -0.2) is 0 Å². The van der Waals surface area contributed by atoms with Crippen LogP contribution in [0.2, 0.25) is 0 Å². The molecule has 0 amide bonds. The Bertz CT molecular complexity index is 551. The maximum absolute atomic E-state index is 6.26. The van der Waals surface area contributed by atoms with Crippen LogP contribution in [-0.2, 0) is 6.42 Å². The van der Waals surface area contributed by atoms with Crippen molar-refractivity contribution in [3.63, 3.8) is 0 Å². The van der Waals surface area contributed by atoms with Crippen molar-refractivity contribution in [3.05, 3.63) is 65.5 Å². The lowest BCUT2D eigenvalue weighted by atomic mass is 9.95. The van der Waals surface area contributed by atoms with Crippen LogP contribution in [0, 0.1) is 6.92 Å². The van der Waals surface area contributed by atoms with Crippen LogP contribution in [-0.4, -0.2) is 29.5 Å². The van der Waals surface area contributed by atoms with Gasteiger partial charge in [-0.2, -0.15) is 0 Å². The Morgan fingerprint density at radius 1 is 1.14 bits per heavy atom. The number of likely N-dealkylation sites (N-methyl/N-ethyl adjacent to an activating group) is 1. The van der Waals surface area contributed by atoms with Crippen LogP contribution in [0.5, 0.6) is 0 Å². The molecule has 3 heteroatoms. The molecule has 0 fully saturated rings. The van der Waals surface area contributed by atoms with Gasteiger partial charge in [-0.1, -0.05) is 24.3 Å². The van der Waals surface area contributed by atoms with E-state index in [1.54, 1.807) is 0 Å². The predicted molar refractivity (Wildman–Crippen MR) is 88.1 cm³/mol. The number of nitrogens with zero attached hydrogens (tertiary/aromatic N) is 2. The highest BCUT2D eigenvalue weighted by molar-refractivity contribution is 5.29. The molecule has 2 N–H and O–H groups in total. The number of hydrogen-bond donors (Lipinski definition) is 1. The van der Waals surface area contributed by atoms with Crippen LogP contribution in [0.25, 0.3) is 0 Å². The highest BCUT2D eigenvalue weighted by Crippen LogP contribution is 2.25. The molecule has 2 atom stereocenters. The first kappa shape index (κ1) is 15.7. The highest BCUT2D eigenvalue weighted by atomic mass is 15.1. The van der Waals surface area contributed by atoms with Gasteiger partial charge in [0.25, 0.3) is 0 Å². The molecular weight excluding hydrogens is 258 g/mol. The molecule has 0 bridgehead atoms. The lowest BCUT2D eigenvalue weighted by molar-refractivity contribution is 0.221. The zero-order chi connectivity index (χ0) is 15.2. The van der Waals surface area contributed by atoms with E-state index in [1.807, 2.05) is 12.4 Å². The topological polar surface area (TPSA) is 42.1 Å². The van der Waals surface area contributed by atoms with Crippen LogP contribution in [0.3, 0.4) is 0 Å². The molecule has 0 saturated carbocycles. The van der Waals surface area contributed by atoms with Crippen LogP contribution < -0.4 is 5.73 Å². The lowest BCUT2D eigenvalue weighted by Gasteiger charge is -2.32. The van der Waals surface area contributed by atoms with Gasteiger partial charge < -0.3 is 5.73 Å². The summed E-state index contributed by atoms with van der Waals surface area (Å²) < 4.78 is 0. The molecular formula is C18H25N3. The molecule has 112 valence electrons. The van der Waals surface area contributed by atoms with Gasteiger partial charge >= 0.3 is 0 Å². The molecule has 3 nitrogen and oxygen atoms in total. The highest BCUT2D eigenvalue weighted by Gasteiger charge is 2.22. The summed E-state index contributed by atoms with van der Waals surface area (Å²) in [5.41, 5.74) is 10.2. The second-order valence-corrected chi connectivity index (χ2v) is 5.75. The Kier molecular flexibility index (Phi) is 5.48. The number of rotatable bonds is 6.